The van der Waals surface area contributed by atoms with Crippen molar-refractivity contribution in [3.8, 4) is 5.75 Å². The number of carbonyl (C=O) groups is 1. The fraction of sp³-hybridized carbons (Fsp3) is 0.500. The van der Waals surface area contributed by atoms with Gasteiger partial charge in [0.25, 0.3) is 5.91 Å². The Hall–Kier alpha value is -1.62. The monoisotopic (exact) mass is 267 g/mol. The second kappa shape index (κ2) is 6.02. The molecule has 0 unspecified atom stereocenters. The fourth-order valence-corrected chi connectivity index (χ4v) is 2.34. The molecule has 1 N–H and O–H groups in total. The molecule has 0 aromatic heterocycles. The van der Waals surface area contributed by atoms with Gasteiger partial charge in [-0.25, -0.2) is 4.39 Å². The number of para-hydroxylation sites is 1. The summed E-state index contributed by atoms with van der Waals surface area (Å²) in [5.41, 5.74) is 0.235. The predicted octanol–water partition coefficient (Wildman–Crippen LogP) is 1.82. The first-order valence-electron chi connectivity index (χ1n) is 6.43. The molecule has 2 rings (SSSR count). The lowest BCUT2D eigenvalue weighted by Crippen LogP contribution is -2.32. The lowest BCUT2D eigenvalue weighted by molar-refractivity contribution is 0.0749. The summed E-state index contributed by atoms with van der Waals surface area (Å²) in [6.45, 7) is 1.06. The van der Waals surface area contributed by atoms with Gasteiger partial charge >= 0.3 is 0 Å². The minimum Gasteiger partial charge on any atom is -0.493 e. The van der Waals surface area contributed by atoms with E-state index in [4.69, 9.17) is 4.74 Å². The van der Waals surface area contributed by atoms with E-state index in [-0.39, 0.29) is 23.3 Å². The van der Waals surface area contributed by atoms with E-state index in [2.05, 4.69) is 0 Å². The van der Waals surface area contributed by atoms with E-state index < -0.39 is 5.82 Å². The number of hydrogen-bond donors (Lipinski definition) is 1. The number of amides is 1. The smallest absolute Gasteiger partial charge is 0.257 e. The lowest BCUT2D eigenvalue weighted by Gasteiger charge is -2.21. The van der Waals surface area contributed by atoms with Crippen molar-refractivity contribution in [1.29, 1.82) is 0 Å². The van der Waals surface area contributed by atoms with Crippen molar-refractivity contribution in [2.45, 2.75) is 25.4 Å². The second-order valence-electron chi connectivity index (χ2n) is 4.70. The van der Waals surface area contributed by atoms with Crippen molar-refractivity contribution in [2.24, 2.45) is 0 Å². The van der Waals surface area contributed by atoms with E-state index in [1.165, 1.54) is 19.2 Å². The number of ether oxygens (including phenoxy) is 1. The highest BCUT2D eigenvalue weighted by atomic mass is 19.1. The Bertz CT molecular complexity index is 464. The van der Waals surface area contributed by atoms with E-state index in [9.17, 15) is 14.3 Å². The number of halogens is 1. The molecule has 0 bridgehead atoms. The van der Waals surface area contributed by atoms with E-state index >= 15 is 0 Å². The largest absolute Gasteiger partial charge is 0.493 e. The maximum atomic E-state index is 13.6. The van der Waals surface area contributed by atoms with Crippen molar-refractivity contribution in [1.82, 2.24) is 4.90 Å². The van der Waals surface area contributed by atoms with Crippen LogP contribution < -0.4 is 4.74 Å². The number of rotatable bonds is 2. The quantitative estimate of drug-likeness (QED) is 0.889. The molecule has 1 saturated heterocycles. The van der Waals surface area contributed by atoms with Crippen LogP contribution in [0.4, 0.5) is 4.39 Å². The molecule has 1 amide bonds. The molecule has 1 fully saturated rings. The molecule has 1 aromatic carbocycles. The van der Waals surface area contributed by atoms with Gasteiger partial charge in [0.2, 0.25) is 0 Å². The third kappa shape index (κ3) is 3.04. The number of methoxy groups -OCH3 is 1. The summed E-state index contributed by atoms with van der Waals surface area (Å²) in [4.78, 5) is 14.0. The SMILES string of the molecule is COc1c(F)cccc1C(=O)N1CCC[C@@H](O)CC1. The minimum atomic E-state index is -0.539. The van der Waals surface area contributed by atoms with Crippen LogP contribution in [0.2, 0.25) is 0 Å². The van der Waals surface area contributed by atoms with Crippen LogP contribution in [0.15, 0.2) is 18.2 Å². The number of carbonyl (C=O) groups excluding carboxylic acids is 1. The number of aliphatic hydroxyl groups excluding tert-OH is 1. The van der Waals surface area contributed by atoms with Crippen molar-refractivity contribution < 1.29 is 19.0 Å². The third-order valence-corrected chi connectivity index (χ3v) is 3.39. The molecule has 0 aliphatic carbocycles. The Morgan fingerprint density at radius 2 is 2.21 bits per heavy atom. The van der Waals surface area contributed by atoms with Gasteiger partial charge < -0.3 is 14.7 Å². The van der Waals surface area contributed by atoms with Crippen LogP contribution in [0.3, 0.4) is 0 Å². The first-order valence-corrected chi connectivity index (χ1v) is 6.43. The van der Waals surface area contributed by atoms with Crippen molar-refractivity contribution in [2.75, 3.05) is 20.2 Å². The molecule has 5 heteroatoms. The Morgan fingerprint density at radius 1 is 1.42 bits per heavy atom. The van der Waals surface area contributed by atoms with Crippen LogP contribution in [0, 0.1) is 5.82 Å². The van der Waals surface area contributed by atoms with Crippen LogP contribution in [-0.2, 0) is 0 Å². The molecule has 4 nitrogen and oxygen atoms in total. The zero-order valence-corrected chi connectivity index (χ0v) is 10.9. The highest BCUT2D eigenvalue weighted by Gasteiger charge is 2.24. The summed E-state index contributed by atoms with van der Waals surface area (Å²) in [6, 6.07) is 4.32. The maximum Gasteiger partial charge on any atom is 0.257 e. The number of nitrogens with zero attached hydrogens (tertiary/aromatic N) is 1. The first-order chi connectivity index (χ1) is 9.13. The van der Waals surface area contributed by atoms with Gasteiger partial charge in [-0.1, -0.05) is 6.07 Å². The first kappa shape index (κ1) is 13.8. The normalized spacial score (nSPS) is 19.9. The molecule has 1 atom stereocenters. The summed E-state index contributed by atoms with van der Waals surface area (Å²) in [5.74, 6) is -0.800. The Labute approximate surface area is 111 Å². The van der Waals surface area contributed by atoms with Crippen molar-refractivity contribution >= 4 is 5.91 Å². The van der Waals surface area contributed by atoms with Crippen LogP contribution in [0.5, 0.6) is 5.75 Å². The number of aliphatic hydroxyl groups is 1. The molecule has 1 aliphatic heterocycles. The van der Waals surface area contributed by atoms with Crippen LogP contribution in [0.25, 0.3) is 0 Å². The molecular weight excluding hydrogens is 249 g/mol. The predicted molar refractivity (Wildman–Crippen MR) is 68.7 cm³/mol. The van der Waals surface area contributed by atoms with Gasteiger partial charge in [-0.2, -0.15) is 0 Å². The molecular formula is C14H18FNO3. The van der Waals surface area contributed by atoms with Gasteiger partial charge in [0, 0.05) is 13.1 Å². The Balaban J connectivity index is 2.21. The molecule has 1 aromatic rings. The van der Waals surface area contributed by atoms with Crippen LogP contribution in [0.1, 0.15) is 29.6 Å². The zero-order chi connectivity index (χ0) is 13.8. The average molecular weight is 267 g/mol. The lowest BCUT2D eigenvalue weighted by atomic mass is 10.1. The topological polar surface area (TPSA) is 49.8 Å². The number of benzene rings is 1. The summed E-state index contributed by atoms with van der Waals surface area (Å²) < 4.78 is 18.6. The molecule has 19 heavy (non-hydrogen) atoms. The molecule has 0 spiro atoms. The van der Waals surface area contributed by atoms with Gasteiger partial charge in [-0.3, -0.25) is 4.79 Å². The van der Waals surface area contributed by atoms with Gasteiger partial charge in [-0.05, 0) is 31.4 Å². The van der Waals surface area contributed by atoms with Crippen molar-refractivity contribution in [3.05, 3.63) is 29.6 Å². The highest BCUT2D eigenvalue weighted by Crippen LogP contribution is 2.24. The van der Waals surface area contributed by atoms with Gasteiger partial charge in [0.15, 0.2) is 11.6 Å². The summed E-state index contributed by atoms with van der Waals surface area (Å²) >= 11 is 0. The number of likely N-dealkylation sites (tertiary alicyclic amines) is 1. The number of hydrogen-bond acceptors (Lipinski definition) is 3. The van der Waals surface area contributed by atoms with Crippen molar-refractivity contribution in [3.63, 3.8) is 0 Å². The van der Waals surface area contributed by atoms with E-state index in [0.717, 1.165) is 6.42 Å². The van der Waals surface area contributed by atoms with Gasteiger partial charge in [-0.15, -0.1) is 0 Å². The average Bonchev–Trinajstić information content (AvgIpc) is 2.62. The molecule has 0 saturated carbocycles. The summed E-state index contributed by atoms with van der Waals surface area (Å²) in [7, 11) is 1.35. The fourth-order valence-electron chi connectivity index (χ4n) is 2.34. The standard InChI is InChI=1S/C14H18FNO3/c1-19-13-11(5-2-6-12(13)15)14(18)16-8-3-4-10(17)7-9-16/h2,5-6,10,17H,3-4,7-9H2,1H3/t10-/m1/s1. The molecule has 104 valence electrons. The third-order valence-electron chi connectivity index (χ3n) is 3.39. The summed E-state index contributed by atoms with van der Waals surface area (Å²) in [6.07, 6.45) is 1.66. The minimum absolute atomic E-state index is 0.0164. The molecule has 1 heterocycles. The molecule has 1 aliphatic rings. The highest BCUT2D eigenvalue weighted by molar-refractivity contribution is 5.97. The van der Waals surface area contributed by atoms with E-state index in [1.807, 2.05) is 0 Å². The van der Waals surface area contributed by atoms with Crippen LogP contribution in [-0.4, -0.2) is 42.2 Å². The zero-order valence-electron chi connectivity index (χ0n) is 10.9. The maximum absolute atomic E-state index is 13.6. The Kier molecular flexibility index (Phi) is 4.37. The van der Waals surface area contributed by atoms with Crippen LogP contribution >= 0.6 is 0 Å². The van der Waals surface area contributed by atoms with Gasteiger partial charge in [0.05, 0.1) is 18.8 Å². The second-order valence-corrected chi connectivity index (χ2v) is 4.70. The Morgan fingerprint density at radius 3 is 2.95 bits per heavy atom. The molecule has 0 radical (unpaired) electrons. The van der Waals surface area contributed by atoms with E-state index in [1.54, 1.807) is 11.0 Å². The van der Waals surface area contributed by atoms with E-state index in [0.29, 0.717) is 25.9 Å². The summed E-state index contributed by atoms with van der Waals surface area (Å²) in [5, 5.41) is 9.58. The van der Waals surface area contributed by atoms with Gasteiger partial charge in [0.1, 0.15) is 0 Å².